The second-order valence-corrected chi connectivity index (χ2v) is 24.9. The zero-order valence-electron chi connectivity index (χ0n) is 48.7. The molecule has 0 bridgehead atoms. The van der Waals surface area contributed by atoms with Crippen LogP contribution in [0.15, 0.2) is 94.9 Å². The molecule has 4 aliphatic rings. The number of aliphatic hydroxyl groups excluding tert-OH is 2. The Hall–Kier alpha value is -5.10. The molecule has 0 aromatic heterocycles. The number of benzene rings is 4. The summed E-state index contributed by atoms with van der Waals surface area (Å²) in [5, 5.41) is 25.6. The molecule has 8 rings (SSSR count). The molecule has 0 unspecified atom stereocenters. The Morgan fingerprint density at radius 3 is 1.18 bits per heavy atom. The third-order valence-electron chi connectivity index (χ3n) is 15.7. The van der Waals surface area contributed by atoms with Gasteiger partial charge in [-0.15, -0.1) is 0 Å². The second-order valence-electron chi connectivity index (χ2n) is 23.1. The smallest absolute Gasteiger partial charge is 0.870 e. The van der Waals surface area contributed by atoms with Gasteiger partial charge in [0, 0.05) is 55.4 Å². The topological polar surface area (TPSA) is 262 Å². The van der Waals surface area contributed by atoms with E-state index in [1.165, 1.54) is 0 Å². The third-order valence-corrected chi connectivity index (χ3v) is 16.6. The summed E-state index contributed by atoms with van der Waals surface area (Å²) in [4.78, 5) is 99.4. The van der Waals surface area contributed by atoms with E-state index in [1.54, 1.807) is 67.6 Å². The molecule has 22 heteroatoms. The van der Waals surface area contributed by atoms with Crippen molar-refractivity contribution in [3.63, 3.8) is 0 Å². The third kappa shape index (κ3) is 18.7. The van der Waals surface area contributed by atoms with Gasteiger partial charge in [-0.25, -0.2) is 0 Å². The Labute approximate surface area is 535 Å². The Morgan fingerprint density at radius 1 is 0.607 bits per heavy atom. The molecule has 3 atom stereocenters. The Balaban J connectivity index is 0.000000508. The fraction of sp³-hybridized carbons (Fsp3) is 0.484. The molecular formula is C62H77Cl4N6NaO11. The van der Waals surface area contributed by atoms with Gasteiger partial charge in [0.25, 0.3) is 23.6 Å². The van der Waals surface area contributed by atoms with Gasteiger partial charge >= 0.3 is 41.9 Å². The monoisotopic (exact) mass is 1240 g/mol. The first-order valence-electron chi connectivity index (χ1n) is 26.9. The number of rotatable bonds is 12. The summed E-state index contributed by atoms with van der Waals surface area (Å²) in [5.41, 5.74) is 3.99. The van der Waals surface area contributed by atoms with Crippen LogP contribution < -0.4 is 40.2 Å². The summed E-state index contributed by atoms with van der Waals surface area (Å²) in [6, 6.07) is 24.3. The summed E-state index contributed by atoms with van der Waals surface area (Å²) < 4.78 is 0. The molecule has 0 radical (unpaired) electrons. The van der Waals surface area contributed by atoms with E-state index in [-0.39, 0.29) is 121 Å². The SMILES string of the molecule is C.C[C@H](O)CNC(=O)c1ccc([C@@H](C)N2C(=O)C(c3cc(Cl)cc(Cl)c3)=NC23CCC(C(C)(C)C)CC3)cc1.C[C@H](c1ccc(C(=O)NCCO)cc1)N1C(=O)C(c2cc(Cl)cc(Cl)c2)=NC12CCC(C(C)(C)C)CC2.O=C=O.O=C=O.[Na+].[OH-]. The number of nitrogens with one attached hydrogen (secondary N) is 2. The van der Waals surface area contributed by atoms with Crippen molar-refractivity contribution in [1.29, 1.82) is 0 Å². The van der Waals surface area contributed by atoms with E-state index < -0.39 is 17.4 Å². The van der Waals surface area contributed by atoms with Crippen molar-refractivity contribution in [3.05, 3.63) is 138 Å². The minimum atomic E-state index is -0.643. The molecule has 17 nitrogen and oxygen atoms in total. The molecule has 4 amide bonds. The summed E-state index contributed by atoms with van der Waals surface area (Å²) >= 11 is 25.1. The van der Waals surface area contributed by atoms with E-state index in [9.17, 15) is 24.3 Å². The van der Waals surface area contributed by atoms with E-state index in [1.807, 2.05) is 47.9 Å². The molecule has 2 saturated carbocycles. The molecular weight excluding hydrogens is 1170 g/mol. The van der Waals surface area contributed by atoms with Gasteiger partial charge in [-0.2, -0.15) is 19.2 Å². The summed E-state index contributed by atoms with van der Waals surface area (Å²) in [7, 11) is 0. The molecule has 2 aliphatic carbocycles. The fourth-order valence-corrected chi connectivity index (χ4v) is 12.4. The molecule has 2 heterocycles. The van der Waals surface area contributed by atoms with Crippen molar-refractivity contribution in [2.75, 3.05) is 19.7 Å². The van der Waals surface area contributed by atoms with Gasteiger partial charge in [-0.05, 0) is 167 Å². The normalized spacial score (nSPS) is 20.8. The van der Waals surface area contributed by atoms with Crippen LogP contribution in [-0.4, -0.2) is 110 Å². The number of carbonyl (C=O) groups excluding carboxylic acids is 8. The quantitative estimate of drug-likeness (QED) is 0.0974. The molecule has 0 saturated heterocycles. The molecule has 84 heavy (non-hydrogen) atoms. The summed E-state index contributed by atoms with van der Waals surface area (Å²) in [6.07, 6.45) is 6.94. The maximum Gasteiger partial charge on any atom is 1.00 e. The second kappa shape index (κ2) is 32.6. The predicted octanol–water partition coefficient (Wildman–Crippen LogP) is 8.77. The number of amides is 4. The van der Waals surface area contributed by atoms with Gasteiger partial charge in [0.15, 0.2) is 0 Å². The Morgan fingerprint density at radius 2 is 0.905 bits per heavy atom. The average molecular weight is 1250 g/mol. The van der Waals surface area contributed by atoms with Crippen molar-refractivity contribution < 1.29 is 83.6 Å². The molecule has 4 aromatic carbocycles. The molecule has 450 valence electrons. The molecule has 4 aromatic rings. The van der Waals surface area contributed by atoms with Crippen LogP contribution in [0.3, 0.4) is 0 Å². The number of hydrogen-bond acceptors (Lipinski definition) is 13. The first-order valence-corrected chi connectivity index (χ1v) is 28.4. The molecule has 2 spiro atoms. The van der Waals surface area contributed by atoms with Crippen molar-refractivity contribution in [2.24, 2.45) is 32.7 Å². The number of aliphatic hydroxyl groups is 2. The van der Waals surface area contributed by atoms with E-state index >= 15 is 0 Å². The first-order chi connectivity index (χ1) is 38.1. The van der Waals surface area contributed by atoms with Gasteiger partial charge in [-0.1, -0.05) is 120 Å². The molecule has 2 fully saturated rings. The maximum absolute atomic E-state index is 14.0. The van der Waals surface area contributed by atoms with Gasteiger partial charge in [0.2, 0.25) is 0 Å². The maximum atomic E-state index is 14.0. The van der Waals surface area contributed by atoms with Crippen LogP contribution in [0.25, 0.3) is 0 Å². The minimum absolute atomic E-state index is 0. The number of hydrogen-bond donors (Lipinski definition) is 4. The Kier molecular flexibility index (Phi) is 29.1. The van der Waals surface area contributed by atoms with Crippen LogP contribution in [0.5, 0.6) is 0 Å². The summed E-state index contributed by atoms with van der Waals surface area (Å²) in [5.74, 6) is 0.351. The predicted molar refractivity (Wildman–Crippen MR) is 320 cm³/mol. The molecule has 5 N–H and O–H groups in total. The van der Waals surface area contributed by atoms with Crippen LogP contribution in [-0.2, 0) is 28.8 Å². The fourth-order valence-electron chi connectivity index (χ4n) is 11.4. The van der Waals surface area contributed by atoms with Crippen molar-refractivity contribution >= 4 is 93.8 Å². The van der Waals surface area contributed by atoms with Crippen LogP contribution in [0, 0.1) is 22.7 Å². The number of carbonyl (C=O) groups is 4. The van der Waals surface area contributed by atoms with E-state index in [2.05, 4.69) is 52.2 Å². The standard InChI is InChI=1S/C30H37Cl2N3O3.C29H35Cl2N3O3.2CO2.CH4.Na.H2O/c1-18(36)17-33-27(37)21-8-6-20(7-9-21)19(2)35-28(38)26(22-14-24(31)16-25(32)15-22)34-30(35)12-10-23(11-13-30)29(3,4)5;1-18(19-5-7-20(8-6-19)26(36)32-13-14-35)34-27(37)25(21-15-23(30)17-24(31)16-21)33-29(34)11-9-22(10-12-29)28(2,3)4;2*2-1-3;;;/h6-9,14-16,18-19,23,36H,10-13,17H2,1-5H3,(H,33,37);5-8,15-18,22,35H,9-14H2,1-4H3,(H,32,36);;;1H4;;1H2/q;;;;;+1;/p-1/t18-,19+,23?,30?;18-,22?,29?;;;;;/m01...../s1. The van der Waals surface area contributed by atoms with Crippen LogP contribution in [0.2, 0.25) is 20.1 Å². The van der Waals surface area contributed by atoms with Crippen LogP contribution in [0.1, 0.15) is 176 Å². The zero-order chi connectivity index (χ0) is 60.2. The number of halogens is 4. The van der Waals surface area contributed by atoms with Gasteiger partial charge < -0.3 is 36.1 Å². The summed E-state index contributed by atoms with van der Waals surface area (Å²) in [6.45, 7) is 19.6. The van der Waals surface area contributed by atoms with Gasteiger partial charge in [0.05, 0.1) is 24.8 Å². The number of nitrogens with zero attached hydrogens (tertiary/aromatic N) is 4. The first kappa shape index (κ1) is 75.0. The van der Waals surface area contributed by atoms with E-state index in [0.29, 0.717) is 65.6 Å². The van der Waals surface area contributed by atoms with Crippen molar-refractivity contribution in [3.8, 4) is 0 Å². The molecule has 2 aliphatic heterocycles. The average Bonchev–Trinajstić information content (AvgIpc) is 3.04. The zero-order valence-corrected chi connectivity index (χ0v) is 53.7. The van der Waals surface area contributed by atoms with E-state index in [0.717, 1.165) is 62.5 Å². The van der Waals surface area contributed by atoms with Gasteiger partial charge in [-0.3, -0.25) is 29.2 Å². The largest absolute Gasteiger partial charge is 1.00 e. The van der Waals surface area contributed by atoms with Crippen LogP contribution >= 0.6 is 46.4 Å². The van der Waals surface area contributed by atoms with E-state index in [4.69, 9.17) is 80.7 Å². The number of aliphatic imine (C=N–C) groups is 2. The van der Waals surface area contributed by atoms with Crippen molar-refractivity contribution in [1.82, 2.24) is 20.4 Å². The van der Waals surface area contributed by atoms with Gasteiger partial charge in [0.1, 0.15) is 22.7 Å². The van der Waals surface area contributed by atoms with Crippen molar-refractivity contribution in [2.45, 2.75) is 151 Å². The Bertz CT molecular complexity index is 2970. The minimum Gasteiger partial charge on any atom is -0.870 e. The van der Waals surface area contributed by atoms with Crippen LogP contribution in [0.4, 0.5) is 0 Å².